The molecule has 2 fully saturated rings. The number of fused-ring (bicyclic) bond motifs is 2. The van der Waals surface area contributed by atoms with Crippen LogP contribution in [0.2, 0.25) is 0 Å². The van der Waals surface area contributed by atoms with Crippen LogP contribution in [0.15, 0.2) is 24.3 Å². The van der Waals surface area contributed by atoms with Crippen molar-refractivity contribution >= 4 is 0 Å². The van der Waals surface area contributed by atoms with Gasteiger partial charge in [-0.2, -0.15) is 0 Å². The van der Waals surface area contributed by atoms with Gasteiger partial charge in [-0.25, -0.2) is 0 Å². The molecular weight excluding hydrogens is 456 g/mol. The molecule has 3 unspecified atom stereocenters. The van der Waals surface area contributed by atoms with Crippen molar-refractivity contribution in [2.45, 2.75) is 150 Å². The highest BCUT2D eigenvalue weighted by Gasteiger charge is 2.45. The fourth-order valence-corrected chi connectivity index (χ4v) is 8.34. The Bertz CT molecular complexity index is 1030. The minimum absolute atomic E-state index is 0.125. The molecule has 2 bridgehead atoms. The van der Waals surface area contributed by atoms with Gasteiger partial charge in [0.1, 0.15) is 0 Å². The summed E-state index contributed by atoms with van der Waals surface area (Å²) in [6.45, 7) is 33.6. The molecule has 3 atom stereocenters. The molecule has 38 heavy (non-hydrogen) atoms. The van der Waals surface area contributed by atoms with E-state index in [-0.39, 0.29) is 21.7 Å². The van der Waals surface area contributed by atoms with Crippen molar-refractivity contribution in [3.8, 4) is 0 Å². The Hall–Kier alpha value is -1.56. The lowest BCUT2D eigenvalue weighted by Gasteiger charge is -2.37. The monoisotopic (exact) mass is 514 g/mol. The summed E-state index contributed by atoms with van der Waals surface area (Å²) in [4.78, 5) is 0. The van der Waals surface area contributed by atoms with Crippen LogP contribution in [-0.4, -0.2) is 0 Å². The second kappa shape index (κ2) is 9.52. The topological polar surface area (TPSA) is 0 Å². The summed E-state index contributed by atoms with van der Waals surface area (Å²) in [6.07, 6.45) is 5.74. The van der Waals surface area contributed by atoms with Crippen molar-refractivity contribution in [3.05, 3.63) is 68.8 Å². The Kier molecular flexibility index (Phi) is 7.37. The maximum Gasteiger partial charge on any atom is 0.0121 e. The third-order valence-electron chi connectivity index (χ3n) is 10.0. The highest BCUT2D eigenvalue weighted by Crippen LogP contribution is 2.56. The van der Waals surface area contributed by atoms with Gasteiger partial charge in [0.05, 0.1) is 0 Å². The van der Waals surface area contributed by atoms with Gasteiger partial charge in [-0.15, -0.1) is 0 Å². The number of hydrogen-bond donors (Lipinski definition) is 0. The lowest BCUT2D eigenvalue weighted by molar-refractivity contribution is 0.302. The molecule has 0 nitrogen and oxygen atoms in total. The number of benzene rings is 2. The zero-order chi connectivity index (χ0) is 28.6. The summed E-state index contributed by atoms with van der Waals surface area (Å²) < 4.78 is 0. The SMILES string of the molecule is Cc1c(C(C)(C)C)cc(C(c2cc(C(C)(C)C)c(C)c(C(C)(C)C)c2)C2CC3CCC2C3)cc1C(C)(C)C. The highest BCUT2D eigenvalue weighted by atomic mass is 14.5. The van der Waals surface area contributed by atoms with E-state index in [1.54, 1.807) is 11.1 Å². The van der Waals surface area contributed by atoms with Gasteiger partial charge < -0.3 is 0 Å². The van der Waals surface area contributed by atoms with E-state index >= 15 is 0 Å². The zero-order valence-electron chi connectivity index (χ0n) is 27.4. The van der Waals surface area contributed by atoms with Crippen LogP contribution < -0.4 is 0 Å². The first-order valence-electron chi connectivity index (χ1n) is 15.5. The molecule has 0 aromatic heterocycles. The molecule has 0 N–H and O–H groups in total. The molecule has 2 aromatic rings. The summed E-state index contributed by atoms with van der Waals surface area (Å²) >= 11 is 0. The quantitative estimate of drug-likeness (QED) is 0.382. The third kappa shape index (κ3) is 5.53. The van der Waals surface area contributed by atoms with Gasteiger partial charge in [-0.05, 0) is 117 Å². The van der Waals surface area contributed by atoms with E-state index in [0.29, 0.717) is 5.92 Å². The molecule has 2 saturated carbocycles. The fraction of sp³-hybridized carbons (Fsp3) is 0.684. The van der Waals surface area contributed by atoms with Gasteiger partial charge >= 0.3 is 0 Å². The fourth-order valence-electron chi connectivity index (χ4n) is 8.34. The average Bonchev–Trinajstić information content (AvgIpc) is 3.36. The minimum atomic E-state index is 0.125. The van der Waals surface area contributed by atoms with E-state index in [2.05, 4.69) is 121 Å². The Labute approximate surface area is 236 Å². The van der Waals surface area contributed by atoms with E-state index in [9.17, 15) is 0 Å². The summed E-state index contributed by atoms with van der Waals surface area (Å²) in [5.74, 6) is 3.04. The van der Waals surface area contributed by atoms with Crippen LogP contribution in [0.25, 0.3) is 0 Å². The molecule has 210 valence electrons. The van der Waals surface area contributed by atoms with Crippen molar-refractivity contribution < 1.29 is 0 Å². The van der Waals surface area contributed by atoms with E-state index in [4.69, 9.17) is 0 Å². The van der Waals surface area contributed by atoms with Crippen LogP contribution in [-0.2, 0) is 21.7 Å². The molecule has 2 aliphatic rings. The van der Waals surface area contributed by atoms with E-state index in [1.807, 2.05) is 0 Å². The summed E-state index contributed by atoms with van der Waals surface area (Å²) in [7, 11) is 0. The van der Waals surface area contributed by atoms with Crippen molar-refractivity contribution in [3.63, 3.8) is 0 Å². The third-order valence-corrected chi connectivity index (χ3v) is 10.0. The minimum Gasteiger partial charge on any atom is -0.0561 e. The highest BCUT2D eigenvalue weighted by molar-refractivity contribution is 5.52. The van der Waals surface area contributed by atoms with Gasteiger partial charge in [0.15, 0.2) is 0 Å². The Morgan fingerprint density at radius 2 is 0.868 bits per heavy atom. The second-order valence-electron chi connectivity index (χ2n) is 17.3. The molecule has 2 aliphatic carbocycles. The maximum atomic E-state index is 2.63. The molecule has 4 rings (SSSR count). The van der Waals surface area contributed by atoms with Crippen LogP contribution >= 0.6 is 0 Å². The Morgan fingerprint density at radius 3 is 1.11 bits per heavy atom. The second-order valence-corrected chi connectivity index (χ2v) is 17.3. The Morgan fingerprint density at radius 1 is 0.526 bits per heavy atom. The smallest absolute Gasteiger partial charge is 0.0121 e. The van der Waals surface area contributed by atoms with Crippen LogP contribution in [0.4, 0.5) is 0 Å². The predicted octanol–water partition coefficient (Wildman–Crippen LogP) is 11.1. The molecular formula is C38H58. The largest absolute Gasteiger partial charge is 0.0561 e. The Balaban J connectivity index is 2.05. The van der Waals surface area contributed by atoms with Gasteiger partial charge in [0.25, 0.3) is 0 Å². The van der Waals surface area contributed by atoms with E-state index in [1.165, 1.54) is 59.1 Å². The summed E-state index contributed by atoms with van der Waals surface area (Å²) in [5.41, 5.74) is 12.8. The van der Waals surface area contributed by atoms with E-state index in [0.717, 1.165) is 17.8 Å². The first-order chi connectivity index (χ1) is 17.2. The van der Waals surface area contributed by atoms with Crippen LogP contribution in [0, 0.1) is 31.6 Å². The van der Waals surface area contributed by atoms with Gasteiger partial charge in [-0.3, -0.25) is 0 Å². The first-order valence-corrected chi connectivity index (χ1v) is 15.5. The van der Waals surface area contributed by atoms with Crippen LogP contribution in [0.1, 0.15) is 159 Å². The summed E-state index contributed by atoms with van der Waals surface area (Å²) in [5, 5.41) is 0. The van der Waals surface area contributed by atoms with Gasteiger partial charge in [0.2, 0.25) is 0 Å². The maximum absolute atomic E-state index is 2.63. The molecule has 0 aliphatic heterocycles. The van der Waals surface area contributed by atoms with E-state index < -0.39 is 0 Å². The van der Waals surface area contributed by atoms with Crippen molar-refractivity contribution in [2.75, 3.05) is 0 Å². The molecule has 0 heterocycles. The number of rotatable bonds is 3. The normalized spacial score (nSPS) is 22.6. The van der Waals surface area contributed by atoms with Gasteiger partial charge in [-0.1, -0.05) is 114 Å². The molecule has 2 aromatic carbocycles. The molecule has 0 heteroatoms. The average molecular weight is 515 g/mol. The zero-order valence-corrected chi connectivity index (χ0v) is 27.4. The van der Waals surface area contributed by atoms with Crippen molar-refractivity contribution in [1.82, 2.24) is 0 Å². The molecule has 0 spiro atoms. The summed E-state index contributed by atoms with van der Waals surface area (Å²) in [6, 6.07) is 10.5. The molecule has 0 amide bonds. The van der Waals surface area contributed by atoms with Crippen LogP contribution in [0.3, 0.4) is 0 Å². The van der Waals surface area contributed by atoms with Gasteiger partial charge in [0, 0.05) is 5.92 Å². The van der Waals surface area contributed by atoms with Crippen molar-refractivity contribution in [1.29, 1.82) is 0 Å². The predicted molar refractivity (Wildman–Crippen MR) is 168 cm³/mol. The standard InChI is InChI=1S/C38H58/c1-23-30(35(3,4)5)19-27(20-31(23)36(6,7)8)34(29-18-25-15-16-26(29)17-25)28-21-32(37(9,10)11)24(2)33(22-28)38(12,13)14/h19-22,25-26,29,34H,15-18H2,1-14H3. The van der Waals surface area contributed by atoms with Crippen molar-refractivity contribution in [2.24, 2.45) is 17.8 Å². The molecule has 0 radical (unpaired) electrons. The van der Waals surface area contributed by atoms with Crippen LogP contribution in [0.5, 0.6) is 0 Å². The number of hydrogen-bond acceptors (Lipinski definition) is 0. The molecule has 0 saturated heterocycles. The first kappa shape index (κ1) is 29.4. The lowest BCUT2D eigenvalue weighted by Crippen LogP contribution is -2.26. The lowest BCUT2D eigenvalue weighted by atomic mass is 9.67.